The van der Waals surface area contributed by atoms with Crippen molar-refractivity contribution in [3.05, 3.63) is 88.4 Å². The minimum Gasteiger partial charge on any atom is -0.496 e. The van der Waals surface area contributed by atoms with Crippen LogP contribution in [0.25, 0.3) is 11.1 Å². The molecule has 0 saturated heterocycles. The molecule has 176 valence electrons. The number of carboxylic acids is 1. The molecule has 0 saturated carbocycles. The summed E-state index contributed by atoms with van der Waals surface area (Å²) in [5, 5.41) is 12.5. The summed E-state index contributed by atoms with van der Waals surface area (Å²) >= 11 is 6.39. The van der Waals surface area contributed by atoms with Crippen molar-refractivity contribution in [2.45, 2.75) is 19.0 Å². The maximum atomic E-state index is 12.5. The number of carbonyl (C=O) groups is 2. The zero-order valence-corrected chi connectivity index (χ0v) is 19.3. The van der Waals surface area contributed by atoms with Crippen molar-refractivity contribution in [2.75, 3.05) is 7.11 Å². The molecule has 3 aromatic carbocycles. The molecular formula is C25H25ClN4O4. The summed E-state index contributed by atoms with van der Waals surface area (Å²) in [4.78, 5) is 27.3. The van der Waals surface area contributed by atoms with Crippen molar-refractivity contribution >= 4 is 29.4 Å². The zero-order valence-electron chi connectivity index (χ0n) is 18.5. The molecule has 0 aliphatic rings. The number of aliphatic carboxylic acids is 1. The number of amides is 1. The fourth-order valence-corrected chi connectivity index (χ4v) is 3.63. The summed E-state index contributed by atoms with van der Waals surface area (Å²) in [6, 6.07) is 18.5. The number of ether oxygens (including phenoxy) is 1. The summed E-state index contributed by atoms with van der Waals surface area (Å²) in [7, 11) is 1.57. The Kier molecular flexibility index (Phi) is 8.24. The van der Waals surface area contributed by atoms with E-state index in [-0.39, 0.29) is 18.9 Å². The average Bonchev–Trinajstić information content (AvgIpc) is 2.83. The fraction of sp³-hybridized carbons (Fsp3) is 0.160. The summed E-state index contributed by atoms with van der Waals surface area (Å²) in [5.74, 6) is -1.04. The van der Waals surface area contributed by atoms with Crippen LogP contribution in [0.3, 0.4) is 0 Å². The van der Waals surface area contributed by atoms with E-state index >= 15 is 0 Å². The number of methoxy groups -OCH3 is 1. The Morgan fingerprint density at radius 2 is 1.74 bits per heavy atom. The number of nitrogens with one attached hydrogen (secondary N) is 1. The summed E-state index contributed by atoms with van der Waals surface area (Å²) in [5.41, 5.74) is 15.0. The second kappa shape index (κ2) is 11.3. The predicted octanol–water partition coefficient (Wildman–Crippen LogP) is 3.21. The van der Waals surface area contributed by atoms with E-state index in [4.69, 9.17) is 32.9 Å². The molecule has 8 nitrogen and oxygen atoms in total. The number of nitrogens with zero attached hydrogens (tertiary/aromatic N) is 1. The Bertz CT molecular complexity index is 1210. The van der Waals surface area contributed by atoms with Crippen LogP contribution in [0.1, 0.15) is 21.5 Å². The Labute approximate surface area is 202 Å². The predicted molar refractivity (Wildman–Crippen MR) is 132 cm³/mol. The molecule has 0 aromatic heterocycles. The van der Waals surface area contributed by atoms with Gasteiger partial charge in [-0.25, -0.2) is 0 Å². The number of carboxylic acid groups (broad SMARTS) is 1. The molecule has 0 heterocycles. The summed E-state index contributed by atoms with van der Waals surface area (Å²) in [6.45, 7) is 0.249. The number of aliphatic imine (C=N–C) groups is 1. The number of benzene rings is 3. The lowest BCUT2D eigenvalue weighted by molar-refractivity contribution is -0.138. The third-order valence-electron chi connectivity index (χ3n) is 5.16. The lowest BCUT2D eigenvalue weighted by Crippen LogP contribution is -2.32. The Hall–Kier alpha value is -3.88. The molecule has 0 aliphatic heterocycles. The van der Waals surface area contributed by atoms with Gasteiger partial charge in [0.05, 0.1) is 7.11 Å². The molecule has 6 N–H and O–H groups in total. The molecule has 3 rings (SSSR count). The first-order valence-corrected chi connectivity index (χ1v) is 10.8. The maximum Gasteiger partial charge on any atom is 0.320 e. The highest BCUT2D eigenvalue weighted by atomic mass is 35.5. The number of carbonyl (C=O) groups excluding carboxylic acids is 1. The second-order valence-electron chi connectivity index (χ2n) is 7.47. The van der Waals surface area contributed by atoms with Crippen LogP contribution >= 0.6 is 11.6 Å². The average molecular weight is 481 g/mol. The smallest absolute Gasteiger partial charge is 0.320 e. The van der Waals surface area contributed by atoms with Crippen LogP contribution in [0.2, 0.25) is 5.02 Å². The normalized spacial score (nSPS) is 12.1. The molecule has 0 spiro atoms. The molecule has 1 atom stereocenters. The van der Waals surface area contributed by atoms with Gasteiger partial charge in [0.15, 0.2) is 5.96 Å². The summed E-state index contributed by atoms with van der Waals surface area (Å²) in [6.07, 6.45) is 0.156. The highest BCUT2D eigenvalue weighted by molar-refractivity contribution is 6.33. The molecule has 9 heteroatoms. The van der Waals surface area contributed by atoms with Gasteiger partial charge in [-0.05, 0) is 41.8 Å². The molecule has 0 radical (unpaired) electrons. The van der Waals surface area contributed by atoms with Gasteiger partial charge in [-0.15, -0.1) is 0 Å². The van der Waals surface area contributed by atoms with Crippen molar-refractivity contribution in [3.8, 4) is 16.9 Å². The Balaban J connectivity index is 1.74. The van der Waals surface area contributed by atoms with E-state index in [1.54, 1.807) is 31.4 Å². The molecule has 0 fully saturated rings. The standard InChI is InChI=1S/C25H25ClN4O4/c1-34-22-8-4-6-17(18-5-2-3-7-20(18)26)19(22)14-29-25(28)30-23(31)16-11-9-15(10-12-16)13-21(27)24(32)33/h2-12,21H,13-14,27H2,1H3,(H,32,33)(H3,28,29,30,31)/t21-/m0/s1. The largest absolute Gasteiger partial charge is 0.496 e. The molecule has 34 heavy (non-hydrogen) atoms. The van der Waals surface area contributed by atoms with Gasteiger partial charge in [0.2, 0.25) is 0 Å². The SMILES string of the molecule is COc1cccc(-c2ccccc2Cl)c1CNC(N)=NC(=O)c1ccc(C[C@H](N)C(=O)O)cc1. The minimum atomic E-state index is -1.09. The molecule has 1 amide bonds. The first-order chi connectivity index (χ1) is 16.3. The number of hydrogen-bond acceptors (Lipinski definition) is 4. The Morgan fingerprint density at radius 1 is 1.06 bits per heavy atom. The van der Waals surface area contributed by atoms with Gasteiger partial charge in [-0.1, -0.05) is 54.1 Å². The number of guanidine groups is 1. The fourth-order valence-electron chi connectivity index (χ4n) is 3.39. The summed E-state index contributed by atoms with van der Waals surface area (Å²) < 4.78 is 5.51. The number of rotatable bonds is 8. The van der Waals surface area contributed by atoms with Crippen molar-refractivity contribution in [2.24, 2.45) is 16.5 Å². The lowest BCUT2D eigenvalue weighted by atomic mass is 9.98. The molecule has 3 aromatic rings. The van der Waals surface area contributed by atoms with Crippen LogP contribution in [0, 0.1) is 0 Å². The minimum absolute atomic E-state index is 0.0574. The van der Waals surface area contributed by atoms with E-state index in [1.807, 2.05) is 42.5 Å². The van der Waals surface area contributed by atoms with Gasteiger partial charge in [0.1, 0.15) is 11.8 Å². The van der Waals surface area contributed by atoms with Gasteiger partial charge in [0, 0.05) is 28.3 Å². The van der Waals surface area contributed by atoms with Crippen LogP contribution < -0.4 is 21.5 Å². The molecule has 0 bridgehead atoms. The van der Waals surface area contributed by atoms with Crippen molar-refractivity contribution in [3.63, 3.8) is 0 Å². The number of halogens is 1. The highest BCUT2D eigenvalue weighted by Gasteiger charge is 2.15. The monoisotopic (exact) mass is 480 g/mol. The third kappa shape index (κ3) is 6.12. The van der Waals surface area contributed by atoms with Gasteiger partial charge < -0.3 is 26.6 Å². The molecule has 0 aliphatic carbocycles. The highest BCUT2D eigenvalue weighted by Crippen LogP contribution is 2.34. The quantitative estimate of drug-likeness (QED) is 0.286. The van der Waals surface area contributed by atoms with Crippen LogP contribution in [-0.2, 0) is 17.8 Å². The van der Waals surface area contributed by atoms with Crippen LogP contribution in [0.15, 0.2) is 71.7 Å². The topological polar surface area (TPSA) is 140 Å². The zero-order chi connectivity index (χ0) is 24.7. The van der Waals surface area contributed by atoms with Crippen molar-refractivity contribution < 1.29 is 19.4 Å². The van der Waals surface area contributed by atoms with Gasteiger partial charge in [-0.3, -0.25) is 9.59 Å². The molecule has 0 unspecified atom stereocenters. The Morgan fingerprint density at radius 3 is 2.38 bits per heavy atom. The van der Waals surface area contributed by atoms with Gasteiger partial charge >= 0.3 is 5.97 Å². The first-order valence-electron chi connectivity index (χ1n) is 10.4. The van der Waals surface area contributed by atoms with E-state index in [0.29, 0.717) is 21.9 Å². The van der Waals surface area contributed by atoms with E-state index in [1.165, 1.54) is 0 Å². The van der Waals surface area contributed by atoms with Crippen molar-refractivity contribution in [1.82, 2.24) is 5.32 Å². The third-order valence-corrected chi connectivity index (χ3v) is 5.49. The number of hydrogen-bond donors (Lipinski definition) is 4. The van der Waals surface area contributed by atoms with E-state index in [2.05, 4.69) is 10.3 Å². The van der Waals surface area contributed by atoms with E-state index in [0.717, 1.165) is 16.7 Å². The van der Waals surface area contributed by atoms with Crippen molar-refractivity contribution in [1.29, 1.82) is 0 Å². The van der Waals surface area contributed by atoms with Crippen LogP contribution in [-0.4, -0.2) is 36.1 Å². The van der Waals surface area contributed by atoms with Gasteiger partial charge in [-0.2, -0.15) is 4.99 Å². The van der Waals surface area contributed by atoms with E-state index < -0.39 is 17.9 Å². The lowest BCUT2D eigenvalue weighted by Gasteiger charge is -2.16. The van der Waals surface area contributed by atoms with Crippen LogP contribution in [0.4, 0.5) is 0 Å². The number of nitrogens with two attached hydrogens (primary N) is 2. The van der Waals surface area contributed by atoms with Crippen LogP contribution in [0.5, 0.6) is 5.75 Å². The molecular weight excluding hydrogens is 456 g/mol. The van der Waals surface area contributed by atoms with Gasteiger partial charge in [0.25, 0.3) is 5.91 Å². The first kappa shape index (κ1) is 24.8. The second-order valence-corrected chi connectivity index (χ2v) is 7.87. The van der Waals surface area contributed by atoms with E-state index in [9.17, 15) is 9.59 Å². The maximum absolute atomic E-state index is 12.5.